The van der Waals surface area contributed by atoms with Crippen molar-refractivity contribution in [1.82, 2.24) is 4.98 Å². The van der Waals surface area contributed by atoms with Crippen LogP contribution in [0.4, 0.5) is 0 Å². The molecule has 1 unspecified atom stereocenters. The Labute approximate surface area is 102 Å². The molecule has 0 N–H and O–H groups in total. The Bertz CT molecular complexity index is 476. The van der Waals surface area contributed by atoms with Gasteiger partial charge in [-0.2, -0.15) is 0 Å². The Morgan fingerprint density at radius 2 is 2.06 bits per heavy atom. The lowest BCUT2D eigenvalue weighted by Crippen LogP contribution is -2.39. The van der Waals surface area contributed by atoms with Gasteiger partial charge in [-0.15, -0.1) is 0 Å². The van der Waals surface area contributed by atoms with E-state index in [2.05, 4.69) is 4.98 Å². The second-order valence-electron chi connectivity index (χ2n) is 4.84. The maximum atomic E-state index is 12.5. The minimum Gasteiger partial charge on any atom is -0.483 e. The number of carbonyl (C=O) groups is 1. The fourth-order valence-electron chi connectivity index (χ4n) is 2.01. The zero-order valence-electron chi connectivity index (χ0n) is 10.7. The Morgan fingerprint density at radius 1 is 1.35 bits per heavy atom. The minimum atomic E-state index is -0.753. The van der Waals surface area contributed by atoms with E-state index >= 15 is 0 Å². The average molecular weight is 231 g/mol. The number of aromatic nitrogens is 1. The second-order valence-corrected chi connectivity index (χ2v) is 4.84. The van der Waals surface area contributed by atoms with E-state index in [1.54, 1.807) is 6.20 Å². The van der Waals surface area contributed by atoms with Gasteiger partial charge in [0.2, 0.25) is 5.78 Å². The molecule has 0 amide bonds. The molecule has 1 aromatic heterocycles. The number of Topliss-reactive ketones (excluding diaryl/α,β-unsaturated/α-hetero) is 1. The molecule has 0 radical (unpaired) electrons. The number of pyridine rings is 1. The summed E-state index contributed by atoms with van der Waals surface area (Å²) >= 11 is 0. The van der Waals surface area contributed by atoms with Crippen molar-refractivity contribution in [3.63, 3.8) is 0 Å². The monoisotopic (exact) mass is 231 g/mol. The van der Waals surface area contributed by atoms with Gasteiger partial charge in [0.15, 0.2) is 5.60 Å². The first kappa shape index (κ1) is 11.8. The largest absolute Gasteiger partial charge is 0.483 e. The van der Waals surface area contributed by atoms with Crippen LogP contribution in [0, 0.1) is 5.92 Å². The van der Waals surface area contributed by atoms with Crippen LogP contribution in [0.2, 0.25) is 0 Å². The van der Waals surface area contributed by atoms with Gasteiger partial charge in [0.1, 0.15) is 5.76 Å². The number of hydrogen-bond acceptors (Lipinski definition) is 3. The molecule has 2 heterocycles. The van der Waals surface area contributed by atoms with E-state index in [0.29, 0.717) is 17.0 Å². The maximum absolute atomic E-state index is 12.5. The molecule has 17 heavy (non-hydrogen) atoms. The highest BCUT2D eigenvalue weighted by atomic mass is 16.5. The lowest BCUT2D eigenvalue weighted by Gasteiger charge is -2.27. The Hall–Kier alpha value is -1.64. The van der Waals surface area contributed by atoms with Crippen LogP contribution in [0.3, 0.4) is 0 Å². The first-order chi connectivity index (χ1) is 7.97. The lowest BCUT2D eigenvalue weighted by atomic mass is 9.85. The number of ether oxygens (including phenoxy) is 1. The first-order valence-corrected chi connectivity index (χ1v) is 5.83. The van der Waals surface area contributed by atoms with E-state index in [9.17, 15) is 4.79 Å². The van der Waals surface area contributed by atoms with E-state index in [-0.39, 0.29) is 11.7 Å². The van der Waals surface area contributed by atoms with E-state index in [4.69, 9.17) is 4.74 Å². The van der Waals surface area contributed by atoms with Crippen molar-refractivity contribution in [3.05, 3.63) is 35.8 Å². The van der Waals surface area contributed by atoms with Crippen LogP contribution in [-0.4, -0.2) is 16.4 Å². The normalized spacial score (nSPS) is 24.4. The van der Waals surface area contributed by atoms with Crippen LogP contribution in [0.25, 0.3) is 5.57 Å². The molecule has 3 heteroatoms. The number of carbonyl (C=O) groups excluding carboxylic acids is 1. The van der Waals surface area contributed by atoms with Gasteiger partial charge in [0.05, 0.1) is 11.3 Å². The van der Waals surface area contributed by atoms with Crippen LogP contribution in [0.15, 0.2) is 30.2 Å². The molecular weight excluding hydrogens is 214 g/mol. The third-order valence-electron chi connectivity index (χ3n) is 3.42. The van der Waals surface area contributed by atoms with E-state index in [1.807, 2.05) is 45.9 Å². The number of ketones is 1. The Balaban J connectivity index is 2.44. The van der Waals surface area contributed by atoms with Crippen LogP contribution >= 0.6 is 0 Å². The van der Waals surface area contributed by atoms with Crippen LogP contribution in [-0.2, 0) is 9.53 Å². The molecule has 0 spiro atoms. The summed E-state index contributed by atoms with van der Waals surface area (Å²) < 4.78 is 5.78. The predicted molar refractivity (Wildman–Crippen MR) is 66.2 cm³/mol. The van der Waals surface area contributed by atoms with Crippen molar-refractivity contribution in [2.24, 2.45) is 5.92 Å². The number of allylic oxidation sites excluding steroid dienone is 1. The maximum Gasteiger partial charge on any atom is 0.211 e. The Morgan fingerprint density at radius 3 is 2.53 bits per heavy atom. The van der Waals surface area contributed by atoms with Crippen molar-refractivity contribution in [3.8, 4) is 0 Å². The number of nitrogens with zero attached hydrogens (tertiary/aromatic N) is 1. The second kappa shape index (κ2) is 3.99. The molecule has 0 aliphatic carbocycles. The van der Waals surface area contributed by atoms with Gasteiger partial charge in [-0.05, 0) is 26.0 Å². The minimum absolute atomic E-state index is 0.0312. The molecule has 2 rings (SSSR count). The summed E-state index contributed by atoms with van der Waals surface area (Å²) in [6, 6.07) is 5.55. The van der Waals surface area contributed by atoms with E-state index in [1.165, 1.54) is 0 Å². The average Bonchev–Trinajstić information content (AvgIpc) is 2.52. The lowest BCUT2D eigenvalue weighted by molar-refractivity contribution is -0.131. The summed E-state index contributed by atoms with van der Waals surface area (Å²) in [7, 11) is 0. The van der Waals surface area contributed by atoms with E-state index < -0.39 is 5.60 Å². The number of hydrogen-bond donors (Lipinski definition) is 0. The van der Waals surface area contributed by atoms with Gasteiger partial charge >= 0.3 is 0 Å². The topological polar surface area (TPSA) is 39.2 Å². The fraction of sp³-hybridized carbons (Fsp3) is 0.429. The molecule has 0 aromatic carbocycles. The van der Waals surface area contributed by atoms with Gasteiger partial charge in [-0.25, -0.2) is 0 Å². The van der Waals surface area contributed by atoms with Crippen molar-refractivity contribution in [2.45, 2.75) is 33.3 Å². The van der Waals surface area contributed by atoms with Gasteiger partial charge in [-0.3, -0.25) is 9.78 Å². The molecule has 1 atom stereocenters. The molecule has 0 saturated heterocycles. The van der Waals surface area contributed by atoms with E-state index in [0.717, 1.165) is 0 Å². The SMILES string of the molecule is CC1=C(c2ccccn2)C(=O)C(C)(C(C)C)O1. The first-order valence-electron chi connectivity index (χ1n) is 5.83. The van der Waals surface area contributed by atoms with Crippen molar-refractivity contribution in [1.29, 1.82) is 0 Å². The third-order valence-corrected chi connectivity index (χ3v) is 3.42. The van der Waals surface area contributed by atoms with Gasteiger partial charge in [-0.1, -0.05) is 19.9 Å². The van der Waals surface area contributed by atoms with Gasteiger partial charge < -0.3 is 4.74 Å². The van der Waals surface area contributed by atoms with Crippen molar-refractivity contribution < 1.29 is 9.53 Å². The summed E-state index contributed by atoms with van der Waals surface area (Å²) in [4.78, 5) is 16.7. The van der Waals surface area contributed by atoms with Gasteiger partial charge in [0, 0.05) is 12.1 Å². The zero-order chi connectivity index (χ0) is 12.6. The molecule has 0 bridgehead atoms. The molecule has 1 aliphatic rings. The third kappa shape index (κ3) is 1.75. The van der Waals surface area contributed by atoms with Crippen LogP contribution in [0.5, 0.6) is 0 Å². The zero-order valence-corrected chi connectivity index (χ0v) is 10.7. The Kier molecular flexibility index (Phi) is 2.77. The highest BCUT2D eigenvalue weighted by Crippen LogP contribution is 2.39. The number of rotatable bonds is 2. The van der Waals surface area contributed by atoms with Crippen molar-refractivity contribution in [2.75, 3.05) is 0 Å². The summed E-state index contributed by atoms with van der Waals surface area (Å²) in [5.41, 5.74) is 0.554. The molecular formula is C14H17NO2. The summed E-state index contributed by atoms with van der Waals surface area (Å²) in [6.45, 7) is 7.66. The molecule has 3 nitrogen and oxygen atoms in total. The van der Waals surface area contributed by atoms with Crippen LogP contribution in [0.1, 0.15) is 33.4 Å². The molecule has 1 aliphatic heterocycles. The van der Waals surface area contributed by atoms with Crippen LogP contribution < -0.4 is 0 Å². The molecule has 1 aromatic rings. The van der Waals surface area contributed by atoms with Crippen molar-refractivity contribution >= 4 is 11.4 Å². The fourth-order valence-corrected chi connectivity index (χ4v) is 2.01. The quantitative estimate of drug-likeness (QED) is 0.785. The smallest absolute Gasteiger partial charge is 0.211 e. The highest BCUT2D eigenvalue weighted by Gasteiger charge is 2.47. The summed E-state index contributed by atoms with van der Waals surface area (Å²) in [6.07, 6.45) is 1.69. The molecule has 90 valence electrons. The molecule has 0 saturated carbocycles. The predicted octanol–water partition coefficient (Wildman–Crippen LogP) is 2.83. The summed E-state index contributed by atoms with van der Waals surface area (Å²) in [5, 5.41) is 0. The summed E-state index contributed by atoms with van der Waals surface area (Å²) in [5.74, 6) is 0.833. The highest BCUT2D eigenvalue weighted by molar-refractivity contribution is 6.26. The standard InChI is InChI=1S/C14H17NO2/c1-9(2)14(4)13(16)12(10(3)17-14)11-7-5-6-8-15-11/h5-9H,1-4H3. The molecule has 0 fully saturated rings. The van der Waals surface area contributed by atoms with Gasteiger partial charge in [0.25, 0.3) is 0 Å².